The molecule has 2 heterocycles. The highest BCUT2D eigenvalue weighted by Gasteiger charge is 2.24. The number of carbonyl (C=O) groups is 2. The van der Waals surface area contributed by atoms with Gasteiger partial charge in [-0.1, -0.05) is 6.92 Å². The number of primary amides is 1. The number of hydrogen-bond donors (Lipinski definition) is 2. The van der Waals surface area contributed by atoms with Crippen LogP contribution in [0.4, 0.5) is 0 Å². The number of fused-ring (bicyclic) bond motifs is 1. The van der Waals surface area contributed by atoms with Crippen molar-refractivity contribution in [2.24, 2.45) is 5.73 Å². The molecular weight excluding hydrogens is 306 g/mol. The van der Waals surface area contributed by atoms with Crippen LogP contribution in [-0.2, 0) is 11.2 Å². The first kappa shape index (κ1) is 16.2. The van der Waals surface area contributed by atoms with Crippen molar-refractivity contribution < 1.29 is 14.7 Å². The van der Waals surface area contributed by atoms with Gasteiger partial charge in [-0.05, 0) is 25.8 Å². The van der Waals surface area contributed by atoms with Crippen LogP contribution >= 0.6 is 11.3 Å². The Hall–Kier alpha value is -2.22. The van der Waals surface area contributed by atoms with Gasteiger partial charge < -0.3 is 10.8 Å². The molecule has 1 unspecified atom stereocenters. The summed E-state index contributed by atoms with van der Waals surface area (Å²) in [7, 11) is 0. The van der Waals surface area contributed by atoms with Crippen molar-refractivity contribution in [2.45, 2.75) is 39.7 Å². The summed E-state index contributed by atoms with van der Waals surface area (Å²) in [6.07, 6.45) is 1.20. The molecule has 1 atom stereocenters. The van der Waals surface area contributed by atoms with Crippen LogP contribution in [0.25, 0.3) is 10.2 Å². The van der Waals surface area contributed by atoms with Crippen LogP contribution in [-0.4, -0.2) is 26.5 Å². The molecule has 0 aliphatic rings. The predicted molar refractivity (Wildman–Crippen MR) is 83.5 cm³/mol. The van der Waals surface area contributed by atoms with Crippen molar-refractivity contribution in [1.29, 1.82) is 0 Å². The van der Waals surface area contributed by atoms with Crippen molar-refractivity contribution in [3.05, 3.63) is 26.6 Å². The SMILES string of the molecule is CCCc1nc2sc(C(N)=O)c(C)c2c(=O)n1C(C)C(=O)O. The van der Waals surface area contributed by atoms with Crippen molar-refractivity contribution in [2.75, 3.05) is 0 Å². The lowest BCUT2D eigenvalue weighted by atomic mass is 10.2. The minimum absolute atomic E-state index is 0.270. The number of aliphatic carboxylic acids is 1. The molecule has 1 amide bonds. The molecule has 0 radical (unpaired) electrons. The molecule has 0 aliphatic carbocycles. The lowest BCUT2D eigenvalue weighted by Crippen LogP contribution is -2.32. The number of aryl methyl sites for hydroxylation is 2. The number of rotatable bonds is 5. The maximum absolute atomic E-state index is 12.7. The van der Waals surface area contributed by atoms with Gasteiger partial charge in [-0.2, -0.15) is 0 Å². The quantitative estimate of drug-likeness (QED) is 0.864. The summed E-state index contributed by atoms with van der Waals surface area (Å²) in [4.78, 5) is 40.6. The molecule has 2 aromatic rings. The Morgan fingerprint density at radius 2 is 2.09 bits per heavy atom. The minimum Gasteiger partial charge on any atom is -0.480 e. The van der Waals surface area contributed by atoms with E-state index in [-0.39, 0.29) is 10.3 Å². The molecule has 0 saturated carbocycles. The highest BCUT2D eigenvalue weighted by atomic mass is 32.1. The van der Waals surface area contributed by atoms with Crippen LogP contribution in [0.2, 0.25) is 0 Å². The topological polar surface area (TPSA) is 115 Å². The first-order chi connectivity index (χ1) is 10.3. The normalized spacial score (nSPS) is 12.5. The molecule has 22 heavy (non-hydrogen) atoms. The molecule has 2 aromatic heterocycles. The summed E-state index contributed by atoms with van der Waals surface area (Å²) in [6.45, 7) is 4.98. The van der Waals surface area contributed by atoms with Gasteiger partial charge in [-0.25, -0.2) is 9.78 Å². The third kappa shape index (κ3) is 2.50. The second kappa shape index (κ2) is 5.88. The van der Waals surface area contributed by atoms with E-state index in [1.54, 1.807) is 6.92 Å². The summed E-state index contributed by atoms with van der Waals surface area (Å²) in [5.74, 6) is -1.31. The van der Waals surface area contributed by atoms with Crippen molar-refractivity contribution >= 4 is 33.4 Å². The van der Waals surface area contributed by atoms with E-state index in [0.29, 0.717) is 22.6 Å². The Balaban J connectivity index is 2.88. The molecule has 0 fully saturated rings. The van der Waals surface area contributed by atoms with Gasteiger partial charge in [0, 0.05) is 6.42 Å². The van der Waals surface area contributed by atoms with Gasteiger partial charge in [0.25, 0.3) is 11.5 Å². The average Bonchev–Trinajstić information content (AvgIpc) is 2.76. The molecule has 8 heteroatoms. The largest absolute Gasteiger partial charge is 0.480 e. The lowest BCUT2D eigenvalue weighted by Gasteiger charge is -2.15. The number of nitrogens with two attached hydrogens (primary N) is 1. The summed E-state index contributed by atoms with van der Waals surface area (Å²) in [5, 5.41) is 9.50. The van der Waals surface area contributed by atoms with E-state index >= 15 is 0 Å². The molecular formula is C14H17N3O4S. The third-order valence-electron chi connectivity index (χ3n) is 3.51. The Morgan fingerprint density at radius 1 is 1.45 bits per heavy atom. The van der Waals surface area contributed by atoms with E-state index in [1.807, 2.05) is 6.92 Å². The summed E-state index contributed by atoms with van der Waals surface area (Å²) in [5.41, 5.74) is 5.33. The first-order valence-electron chi connectivity index (χ1n) is 6.86. The minimum atomic E-state index is -1.11. The number of aromatic nitrogens is 2. The third-order valence-corrected chi connectivity index (χ3v) is 4.71. The second-order valence-electron chi connectivity index (χ2n) is 5.07. The lowest BCUT2D eigenvalue weighted by molar-refractivity contribution is -0.140. The molecule has 0 saturated heterocycles. The van der Waals surface area contributed by atoms with Gasteiger partial charge in [-0.3, -0.25) is 14.2 Å². The van der Waals surface area contributed by atoms with Gasteiger partial charge in [0.1, 0.15) is 16.7 Å². The molecule has 0 aromatic carbocycles. The number of carboxylic acids is 1. The molecule has 7 nitrogen and oxygen atoms in total. The fourth-order valence-corrected chi connectivity index (χ4v) is 3.43. The predicted octanol–water partition coefficient (Wildman–Crippen LogP) is 1.46. The summed E-state index contributed by atoms with van der Waals surface area (Å²) >= 11 is 1.07. The number of hydrogen-bond acceptors (Lipinski definition) is 5. The number of amides is 1. The van der Waals surface area contributed by atoms with Crippen LogP contribution < -0.4 is 11.3 Å². The average molecular weight is 323 g/mol. The fraction of sp³-hybridized carbons (Fsp3) is 0.429. The zero-order valence-electron chi connectivity index (χ0n) is 12.5. The van der Waals surface area contributed by atoms with E-state index in [2.05, 4.69) is 4.98 Å². The first-order valence-corrected chi connectivity index (χ1v) is 7.68. The smallest absolute Gasteiger partial charge is 0.326 e. The maximum Gasteiger partial charge on any atom is 0.326 e. The van der Waals surface area contributed by atoms with Gasteiger partial charge >= 0.3 is 5.97 Å². The van der Waals surface area contributed by atoms with E-state index in [1.165, 1.54) is 11.5 Å². The van der Waals surface area contributed by atoms with E-state index in [9.17, 15) is 19.5 Å². The van der Waals surface area contributed by atoms with E-state index in [0.717, 1.165) is 17.8 Å². The highest BCUT2D eigenvalue weighted by Crippen LogP contribution is 2.27. The van der Waals surface area contributed by atoms with Crippen molar-refractivity contribution in [3.63, 3.8) is 0 Å². The molecule has 118 valence electrons. The van der Waals surface area contributed by atoms with Gasteiger partial charge in [-0.15, -0.1) is 11.3 Å². The van der Waals surface area contributed by atoms with E-state index < -0.39 is 23.5 Å². The number of thiophene rings is 1. The van der Waals surface area contributed by atoms with Crippen LogP contribution in [0, 0.1) is 6.92 Å². The summed E-state index contributed by atoms with van der Waals surface area (Å²) < 4.78 is 1.19. The van der Waals surface area contributed by atoms with Crippen LogP contribution in [0.1, 0.15) is 47.4 Å². The Kier molecular flexibility index (Phi) is 4.32. The molecule has 0 spiro atoms. The van der Waals surface area contributed by atoms with Crippen LogP contribution in [0.5, 0.6) is 0 Å². The van der Waals surface area contributed by atoms with Crippen molar-refractivity contribution in [3.8, 4) is 0 Å². The Morgan fingerprint density at radius 3 is 2.59 bits per heavy atom. The second-order valence-corrected chi connectivity index (χ2v) is 6.07. The van der Waals surface area contributed by atoms with Gasteiger partial charge in [0.15, 0.2) is 0 Å². The number of carbonyl (C=O) groups excluding carboxylic acids is 1. The van der Waals surface area contributed by atoms with Crippen molar-refractivity contribution in [1.82, 2.24) is 9.55 Å². The highest BCUT2D eigenvalue weighted by molar-refractivity contribution is 7.20. The van der Waals surface area contributed by atoms with E-state index in [4.69, 9.17) is 5.73 Å². The summed E-state index contributed by atoms with van der Waals surface area (Å²) in [6, 6.07) is -1.03. The standard InChI is InChI=1S/C14H17N3O4S/c1-4-5-8-16-12-9(6(2)10(22-12)11(15)18)13(19)17(8)7(3)14(20)21/h7H,4-5H2,1-3H3,(H2,15,18)(H,20,21). The molecule has 0 aliphatic heterocycles. The zero-order valence-corrected chi connectivity index (χ0v) is 13.4. The van der Waals surface area contributed by atoms with Crippen LogP contribution in [0.15, 0.2) is 4.79 Å². The molecule has 2 rings (SSSR count). The van der Waals surface area contributed by atoms with Gasteiger partial charge in [0.2, 0.25) is 0 Å². The fourth-order valence-electron chi connectivity index (χ4n) is 2.38. The number of carboxylic acid groups (broad SMARTS) is 1. The monoisotopic (exact) mass is 323 g/mol. The zero-order chi connectivity index (χ0) is 16.6. The van der Waals surface area contributed by atoms with Gasteiger partial charge in [0.05, 0.1) is 10.3 Å². The number of nitrogens with zero attached hydrogens (tertiary/aromatic N) is 2. The molecule has 0 bridgehead atoms. The molecule has 3 N–H and O–H groups in total. The van der Waals surface area contributed by atoms with Crippen LogP contribution in [0.3, 0.4) is 0 Å². The Bertz CT molecular complexity index is 822. The Labute approximate surface area is 130 Å². The maximum atomic E-state index is 12.7.